The minimum atomic E-state index is -0.201. The lowest BCUT2D eigenvalue weighted by Gasteiger charge is -2.09. The van der Waals surface area contributed by atoms with E-state index >= 15 is 0 Å². The van der Waals surface area contributed by atoms with Crippen LogP contribution in [-0.2, 0) is 16.0 Å². The summed E-state index contributed by atoms with van der Waals surface area (Å²) in [7, 11) is 0. The summed E-state index contributed by atoms with van der Waals surface area (Å²) in [6.45, 7) is 5.62. The third-order valence-corrected chi connectivity index (χ3v) is 2.95. The smallest absolute Gasteiger partial charge is 0.303 e. The predicted molar refractivity (Wildman–Crippen MR) is 53.1 cm³/mol. The summed E-state index contributed by atoms with van der Waals surface area (Å²) >= 11 is 0. The molecule has 0 fully saturated rings. The number of esters is 1. The molecule has 0 amide bonds. The summed E-state index contributed by atoms with van der Waals surface area (Å²) in [4.78, 5) is 14.2. The van der Waals surface area contributed by atoms with Gasteiger partial charge in [0.25, 0.3) is 0 Å². The Labute approximate surface area is 83.5 Å². The first-order valence-electron chi connectivity index (χ1n) is 4.94. The molecule has 3 nitrogen and oxygen atoms in total. The quantitative estimate of drug-likeness (QED) is 0.694. The van der Waals surface area contributed by atoms with Crippen molar-refractivity contribution >= 4 is 5.97 Å². The van der Waals surface area contributed by atoms with E-state index in [0.717, 1.165) is 18.5 Å². The van der Waals surface area contributed by atoms with Crippen molar-refractivity contribution in [3.63, 3.8) is 0 Å². The fraction of sp³-hybridized carbons (Fsp3) is 0.545. The molecule has 0 aliphatic heterocycles. The van der Waals surface area contributed by atoms with Crippen molar-refractivity contribution in [2.75, 3.05) is 0 Å². The van der Waals surface area contributed by atoms with E-state index in [4.69, 9.17) is 4.74 Å². The van der Waals surface area contributed by atoms with E-state index < -0.39 is 0 Å². The minimum Gasteiger partial charge on any atom is -0.456 e. The molecular weight excluding hydrogens is 178 g/mol. The summed E-state index contributed by atoms with van der Waals surface area (Å²) in [6.07, 6.45) is 1.89. The van der Waals surface area contributed by atoms with Crippen LogP contribution in [0.4, 0.5) is 0 Å². The molecule has 0 saturated carbocycles. The van der Waals surface area contributed by atoms with Crippen LogP contribution in [0, 0.1) is 13.8 Å². The number of nitrogens with one attached hydrogen (secondary N) is 1. The number of rotatable bonds is 1. The molecule has 14 heavy (non-hydrogen) atoms. The molecule has 1 atom stereocenters. The summed E-state index contributed by atoms with van der Waals surface area (Å²) in [5, 5.41) is 0. The number of aryl methyl sites for hydroxylation is 1. The normalized spacial score (nSPS) is 19.5. The predicted octanol–water partition coefficient (Wildman–Crippen LogP) is 2.18. The second kappa shape index (κ2) is 3.15. The first-order chi connectivity index (χ1) is 6.59. The molecule has 1 aromatic rings. The van der Waals surface area contributed by atoms with Gasteiger partial charge in [-0.15, -0.1) is 0 Å². The fourth-order valence-electron chi connectivity index (χ4n) is 2.13. The zero-order valence-corrected chi connectivity index (χ0v) is 8.81. The zero-order valence-electron chi connectivity index (χ0n) is 8.81. The van der Waals surface area contributed by atoms with Crippen LogP contribution in [0.3, 0.4) is 0 Å². The van der Waals surface area contributed by atoms with Crippen molar-refractivity contribution in [2.45, 2.75) is 39.7 Å². The highest BCUT2D eigenvalue weighted by molar-refractivity contribution is 5.66. The number of aromatic nitrogens is 1. The second-order valence-corrected chi connectivity index (χ2v) is 3.90. The summed E-state index contributed by atoms with van der Waals surface area (Å²) < 4.78 is 5.24. The van der Waals surface area contributed by atoms with E-state index in [1.165, 1.54) is 23.7 Å². The number of hydrogen-bond donors (Lipinski definition) is 1. The SMILES string of the molecule is CC(=O)OC1CCc2c1[nH]c(C)c2C. The lowest BCUT2D eigenvalue weighted by molar-refractivity contribution is -0.146. The standard InChI is InChI=1S/C11H15NO2/c1-6-7(2)12-11-9(6)4-5-10(11)14-8(3)13/h10,12H,4-5H2,1-3H3. The lowest BCUT2D eigenvalue weighted by atomic mass is 10.1. The highest BCUT2D eigenvalue weighted by atomic mass is 16.5. The molecule has 1 aliphatic carbocycles. The van der Waals surface area contributed by atoms with Crippen LogP contribution < -0.4 is 0 Å². The number of fused-ring (bicyclic) bond motifs is 1. The number of carbonyl (C=O) groups is 1. The zero-order chi connectivity index (χ0) is 10.3. The molecule has 1 heterocycles. The number of ether oxygens (including phenoxy) is 1. The van der Waals surface area contributed by atoms with Crippen molar-refractivity contribution in [2.24, 2.45) is 0 Å². The Morgan fingerprint density at radius 2 is 2.21 bits per heavy atom. The molecule has 76 valence electrons. The molecule has 0 saturated heterocycles. The van der Waals surface area contributed by atoms with Crippen LogP contribution in [0.25, 0.3) is 0 Å². The molecular formula is C11H15NO2. The largest absolute Gasteiger partial charge is 0.456 e. The van der Waals surface area contributed by atoms with Crippen molar-refractivity contribution in [3.8, 4) is 0 Å². The van der Waals surface area contributed by atoms with Crippen molar-refractivity contribution in [3.05, 3.63) is 22.5 Å². The number of hydrogen-bond acceptors (Lipinski definition) is 2. The average Bonchev–Trinajstić information content (AvgIpc) is 2.57. The molecule has 1 unspecified atom stereocenters. The van der Waals surface area contributed by atoms with Gasteiger partial charge in [-0.2, -0.15) is 0 Å². The molecule has 2 rings (SSSR count). The first kappa shape index (κ1) is 9.31. The van der Waals surface area contributed by atoms with Crippen LogP contribution >= 0.6 is 0 Å². The van der Waals surface area contributed by atoms with E-state index in [-0.39, 0.29) is 12.1 Å². The molecule has 1 aromatic heterocycles. The van der Waals surface area contributed by atoms with Crippen LogP contribution in [-0.4, -0.2) is 11.0 Å². The maximum absolute atomic E-state index is 10.9. The van der Waals surface area contributed by atoms with Gasteiger partial charge in [-0.25, -0.2) is 0 Å². The van der Waals surface area contributed by atoms with Gasteiger partial charge in [0.2, 0.25) is 0 Å². The summed E-state index contributed by atoms with van der Waals surface area (Å²) in [5.41, 5.74) is 4.95. The molecule has 0 spiro atoms. The van der Waals surface area contributed by atoms with E-state index in [1.807, 2.05) is 0 Å². The Bertz CT molecular complexity index is 379. The highest BCUT2D eigenvalue weighted by Gasteiger charge is 2.28. The van der Waals surface area contributed by atoms with E-state index in [1.54, 1.807) is 0 Å². The average molecular weight is 193 g/mol. The number of carbonyl (C=O) groups excluding carboxylic acids is 1. The maximum atomic E-state index is 10.9. The van der Waals surface area contributed by atoms with Crippen LogP contribution in [0.1, 0.15) is 42.0 Å². The van der Waals surface area contributed by atoms with Crippen LogP contribution in [0.5, 0.6) is 0 Å². The van der Waals surface area contributed by atoms with Gasteiger partial charge in [-0.3, -0.25) is 4.79 Å². The fourth-order valence-corrected chi connectivity index (χ4v) is 2.13. The van der Waals surface area contributed by atoms with Gasteiger partial charge in [-0.1, -0.05) is 0 Å². The third-order valence-electron chi connectivity index (χ3n) is 2.95. The van der Waals surface area contributed by atoms with E-state index in [2.05, 4.69) is 18.8 Å². The van der Waals surface area contributed by atoms with Gasteiger partial charge in [0.05, 0.1) is 5.69 Å². The first-order valence-corrected chi connectivity index (χ1v) is 4.94. The van der Waals surface area contributed by atoms with Crippen molar-refractivity contribution < 1.29 is 9.53 Å². The Morgan fingerprint density at radius 3 is 2.86 bits per heavy atom. The molecule has 3 heteroatoms. The van der Waals surface area contributed by atoms with Gasteiger partial charge in [0.15, 0.2) is 0 Å². The lowest BCUT2D eigenvalue weighted by Crippen LogP contribution is -2.05. The van der Waals surface area contributed by atoms with E-state index in [0.29, 0.717) is 0 Å². The van der Waals surface area contributed by atoms with Gasteiger partial charge in [0.1, 0.15) is 6.10 Å². The molecule has 0 radical (unpaired) electrons. The third kappa shape index (κ3) is 1.33. The Hall–Kier alpha value is -1.25. The number of aromatic amines is 1. The van der Waals surface area contributed by atoms with Gasteiger partial charge < -0.3 is 9.72 Å². The topological polar surface area (TPSA) is 42.1 Å². The second-order valence-electron chi connectivity index (χ2n) is 3.90. The molecule has 1 aliphatic rings. The highest BCUT2D eigenvalue weighted by Crippen LogP contribution is 2.36. The van der Waals surface area contributed by atoms with Gasteiger partial charge >= 0.3 is 5.97 Å². The van der Waals surface area contributed by atoms with Crippen molar-refractivity contribution in [1.29, 1.82) is 0 Å². The molecule has 0 bridgehead atoms. The van der Waals surface area contributed by atoms with E-state index in [9.17, 15) is 4.79 Å². The van der Waals surface area contributed by atoms with Crippen LogP contribution in [0.15, 0.2) is 0 Å². The molecule has 0 aromatic carbocycles. The molecule has 1 N–H and O–H groups in total. The Kier molecular flexibility index (Phi) is 2.10. The Morgan fingerprint density at radius 1 is 1.50 bits per heavy atom. The number of H-pyrrole nitrogens is 1. The van der Waals surface area contributed by atoms with Crippen LogP contribution in [0.2, 0.25) is 0 Å². The minimum absolute atomic E-state index is 0.0464. The van der Waals surface area contributed by atoms with Gasteiger partial charge in [0, 0.05) is 12.6 Å². The monoisotopic (exact) mass is 193 g/mol. The summed E-state index contributed by atoms with van der Waals surface area (Å²) in [5.74, 6) is -0.201. The van der Waals surface area contributed by atoms with Gasteiger partial charge in [-0.05, 0) is 37.8 Å². The maximum Gasteiger partial charge on any atom is 0.303 e. The van der Waals surface area contributed by atoms with Crippen molar-refractivity contribution in [1.82, 2.24) is 4.98 Å². The summed E-state index contributed by atoms with van der Waals surface area (Å²) in [6, 6.07) is 0. The Balaban J connectivity index is 2.30.